The van der Waals surface area contributed by atoms with Crippen molar-refractivity contribution in [2.45, 2.75) is 19.0 Å². The number of nitrogens with zero attached hydrogens (tertiary/aromatic N) is 2. The van der Waals surface area contributed by atoms with E-state index in [9.17, 15) is 9.59 Å². The van der Waals surface area contributed by atoms with Crippen LogP contribution >= 0.6 is 0 Å². The van der Waals surface area contributed by atoms with Crippen molar-refractivity contribution in [3.05, 3.63) is 48.4 Å². The largest absolute Gasteiger partial charge is 0.495 e. The molecule has 25 heavy (non-hydrogen) atoms. The van der Waals surface area contributed by atoms with E-state index in [2.05, 4.69) is 5.32 Å². The average molecular weight is 343 g/mol. The van der Waals surface area contributed by atoms with Crippen LogP contribution in [0.2, 0.25) is 0 Å². The molecule has 1 aliphatic rings. The number of urea groups is 1. The molecule has 0 spiro atoms. The Morgan fingerprint density at radius 3 is 2.88 bits per heavy atom. The summed E-state index contributed by atoms with van der Waals surface area (Å²) in [6.45, 7) is 0.877. The van der Waals surface area contributed by atoms with E-state index in [1.807, 2.05) is 24.3 Å². The highest BCUT2D eigenvalue weighted by atomic mass is 16.5. The number of carbonyl (C=O) groups is 2. The summed E-state index contributed by atoms with van der Waals surface area (Å²) in [7, 11) is 3.23. The lowest BCUT2D eigenvalue weighted by Crippen LogP contribution is -2.46. The van der Waals surface area contributed by atoms with Crippen molar-refractivity contribution in [2.75, 3.05) is 25.6 Å². The molecule has 1 saturated heterocycles. The third-order valence-electron chi connectivity index (χ3n) is 4.20. The molecule has 1 fully saturated rings. The minimum Gasteiger partial charge on any atom is -0.495 e. The molecule has 1 aromatic heterocycles. The zero-order valence-corrected chi connectivity index (χ0v) is 14.3. The Hall–Kier alpha value is -2.96. The summed E-state index contributed by atoms with van der Waals surface area (Å²) in [6, 6.07) is 10.1. The third-order valence-corrected chi connectivity index (χ3v) is 4.20. The van der Waals surface area contributed by atoms with Crippen molar-refractivity contribution < 1.29 is 18.7 Å². The molecule has 132 valence electrons. The normalized spacial score (nSPS) is 16.8. The van der Waals surface area contributed by atoms with Gasteiger partial charge in [0.25, 0.3) is 0 Å². The van der Waals surface area contributed by atoms with Crippen LogP contribution in [0, 0.1) is 0 Å². The number of nitrogens with one attached hydrogen (secondary N) is 1. The molecule has 2 heterocycles. The molecule has 0 aliphatic carbocycles. The molecule has 3 amide bonds. The molecular formula is C18H21N3O4. The molecule has 0 bridgehead atoms. The van der Waals surface area contributed by atoms with E-state index in [1.165, 1.54) is 4.90 Å². The number of furan rings is 1. The first kappa shape index (κ1) is 16.9. The van der Waals surface area contributed by atoms with Crippen molar-refractivity contribution >= 4 is 17.6 Å². The number of methoxy groups -OCH3 is 1. The van der Waals surface area contributed by atoms with Crippen LogP contribution in [-0.2, 0) is 11.3 Å². The smallest absolute Gasteiger partial charge is 0.318 e. The Kier molecular flexibility index (Phi) is 4.92. The van der Waals surface area contributed by atoms with Crippen LogP contribution in [0.25, 0.3) is 0 Å². The maximum atomic E-state index is 12.7. The number of benzene rings is 1. The van der Waals surface area contributed by atoms with Gasteiger partial charge in [-0.25, -0.2) is 4.79 Å². The van der Waals surface area contributed by atoms with Crippen LogP contribution in [0.1, 0.15) is 12.2 Å². The predicted octanol–water partition coefficient (Wildman–Crippen LogP) is 2.24. The Morgan fingerprint density at radius 2 is 2.16 bits per heavy atom. The molecule has 3 rings (SSSR count). The number of hydrogen-bond donors (Lipinski definition) is 1. The van der Waals surface area contributed by atoms with Gasteiger partial charge in [0.1, 0.15) is 17.6 Å². The van der Waals surface area contributed by atoms with Gasteiger partial charge < -0.3 is 24.3 Å². The monoisotopic (exact) mass is 343 g/mol. The minimum atomic E-state index is -0.545. The van der Waals surface area contributed by atoms with Crippen molar-refractivity contribution in [1.29, 1.82) is 0 Å². The van der Waals surface area contributed by atoms with Crippen LogP contribution in [0.3, 0.4) is 0 Å². The summed E-state index contributed by atoms with van der Waals surface area (Å²) in [6.07, 6.45) is 2.11. The fourth-order valence-electron chi connectivity index (χ4n) is 2.87. The van der Waals surface area contributed by atoms with Crippen molar-refractivity contribution in [3.8, 4) is 5.75 Å². The zero-order chi connectivity index (χ0) is 17.8. The van der Waals surface area contributed by atoms with Gasteiger partial charge in [-0.3, -0.25) is 4.79 Å². The molecule has 2 aromatic rings. The number of para-hydroxylation sites is 2. The van der Waals surface area contributed by atoms with E-state index in [4.69, 9.17) is 9.15 Å². The van der Waals surface area contributed by atoms with Crippen LogP contribution in [-0.4, -0.2) is 43.6 Å². The van der Waals surface area contributed by atoms with Crippen molar-refractivity contribution in [2.24, 2.45) is 0 Å². The lowest BCUT2D eigenvalue weighted by molar-refractivity contribution is -0.118. The van der Waals surface area contributed by atoms with Crippen molar-refractivity contribution in [1.82, 2.24) is 10.2 Å². The summed E-state index contributed by atoms with van der Waals surface area (Å²) in [5, 5.41) is 2.79. The number of rotatable bonds is 5. The molecule has 7 nitrogen and oxygen atoms in total. The summed E-state index contributed by atoms with van der Waals surface area (Å²) in [4.78, 5) is 28.1. The Morgan fingerprint density at radius 1 is 1.36 bits per heavy atom. The topological polar surface area (TPSA) is 75.0 Å². The average Bonchev–Trinajstić information content (AvgIpc) is 3.25. The first-order valence-corrected chi connectivity index (χ1v) is 8.08. The summed E-state index contributed by atoms with van der Waals surface area (Å²) < 4.78 is 10.6. The Labute approximate surface area is 146 Å². The van der Waals surface area contributed by atoms with Crippen LogP contribution in [0.15, 0.2) is 47.1 Å². The van der Waals surface area contributed by atoms with Gasteiger partial charge >= 0.3 is 6.03 Å². The van der Waals surface area contributed by atoms with Gasteiger partial charge in [0, 0.05) is 13.6 Å². The molecule has 0 saturated carbocycles. The van der Waals surface area contributed by atoms with E-state index >= 15 is 0 Å². The van der Waals surface area contributed by atoms with E-state index in [0.29, 0.717) is 31.0 Å². The predicted molar refractivity (Wildman–Crippen MR) is 92.5 cm³/mol. The molecular weight excluding hydrogens is 322 g/mol. The van der Waals surface area contributed by atoms with Crippen molar-refractivity contribution in [3.63, 3.8) is 0 Å². The SMILES string of the molecule is COc1ccccc1N1CC[C@H](NC(=O)N(C)Cc2ccco2)C1=O. The van der Waals surface area contributed by atoms with Crippen LogP contribution < -0.4 is 15.0 Å². The van der Waals surface area contributed by atoms with Gasteiger partial charge in [-0.15, -0.1) is 0 Å². The van der Waals surface area contributed by atoms with Crippen LogP contribution in [0.4, 0.5) is 10.5 Å². The van der Waals surface area contributed by atoms with E-state index < -0.39 is 6.04 Å². The number of hydrogen-bond acceptors (Lipinski definition) is 4. The summed E-state index contributed by atoms with van der Waals surface area (Å²) in [5.74, 6) is 1.19. The highest BCUT2D eigenvalue weighted by molar-refractivity contribution is 6.02. The van der Waals surface area contributed by atoms with Gasteiger partial charge in [-0.2, -0.15) is 0 Å². The molecule has 0 radical (unpaired) electrons. The number of anilines is 1. The van der Waals surface area contributed by atoms with E-state index in [1.54, 1.807) is 37.5 Å². The lowest BCUT2D eigenvalue weighted by Gasteiger charge is -2.21. The minimum absolute atomic E-state index is 0.135. The third kappa shape index (κ3) is 3.60. The first-order chi connectivity index (χ1) is 12.1. The summed E-state index contributed by atoms with van der Waals surface area (Å²) in [5.41, 5.74) is 0.718. The van der Waals surface area contributed by atoms with E-state index in [0.717, 1.165) is 5.69 Å². The second kappa shape index (κ2) is 7.29. The maximum Gasteiger partial charge on any atom is 0.318 e. The van der Waals surface area contributed by atoms with Crippen LogP contribution in [0.5, 0.6) is 5.75 Å². The second-order valence-corrected chi connectivity index (χ2v) is 5.89. The van der Waals surface area contributed by atoms with Gasteiger partial charge in [0.15, 0.2) is 0 Å². The molecule has 1 aliphatic heterocycles. The molecule has 0 unspecified atom stereocenters. The first-order valence-electron chi connectivity index (χ1n) is 8.08. The zero-order valence-electron chi connectivity index (χ0n) is 14.3. The fourth-order valence-corrected chi connectivity index (χ4v) is 2.87. The fraction of sp³-hybridized carbons (Fsp3) is 0.333. The van der Waals surface area contributed by atoms with Gasteiger partial charge in [0.2, 0.25) is 5.91 Å². The van der Waals surface area contributed by atoms with Gasteiger partial charge in [0.05, 0.1) is 25.6 Å². The standard InChI is InChI=1S/C18H21N3O4/c1-20(12-13-6-5-11-25-13)18(23)19-14-9-10-21(17(14)22)15-7-3-4-8-16(15)24-2/h3-8,11,14H,9-10,12H2,1-2H3,(H,19,23)/t14-/m0/s1. The van der Waals surface area contributed by atoms with E-state index in [-0.39, 0.29) is 11.9 Å². The number of amides is 3. The molecule has 1 aromatic carbocycles. The molecule has 7 heteroatoms. The quantitative estimate of drug-likeness (QED) is 0.903. The highest BCUT2D eigenvalue weighted by Gasteiger charge is 2.35. The Bertz CT molecular complexity index is 745. The van der Waals surface area contributed by atoms with Gasteiger partial charge in [-0.1, -0.05) is 12.1 Å². The summed E-state index contributed by atoms with van der Waals surface area (Å²) >= 11 is 0. The lowest BCUT2D eigenvalue weighted by atomic mass is 10.2. The second-order valence-electron chi connectivity index (χ2n) is 5.89. The number of carbonyl (C=O) groups excluding carboxylic acids is 2. The maximum absolute atomic E-state index is 12.7. The molecule has 1 atom stereocenters. The highest BCUT2D eigenvalue weighted by Crippen LogP contribution is 2.31. The Balaban J connectivity index is 1.63. The number of ether oxygens (including phenoxy) is 1. The van der Waals surface area contributed by atoms with Gasteiger partial charge in [-0.05, 0) is 30.7 Å². The molecule has 1 N–H and O–H groups in total.